The van der Waals surface area contributed by atoms with E-state index in [1.807, 2.05) is 0 Å². The van der Waals surface area contributed by atoms with Crippen LogP contribution in [0.5, 0.6) is 11.5 Å². The van der Waals surface area contributed by atoms with E-state index in [4.69, 9.17) is 15.2 Å². The predicted octanol–water partition coefficient (Wildman–Crippen LogP) is 2.13. The van der Waals surface area contributed by atoms with Crippen LogP contribution in [0.1, 0.15) is 38.9 Å². The fourth-order valence-corrected chi connectivity index (χ4v) is 1.81. The van der Waals surface area contributed by atoms with E-state index in [1.165, 1.54) is 19.2 Å². The van der Waals surface area contributed by atoms with Crippen molar-refractivity contribution in [3.8, 4) is 11.5 Å². The van der Waals surface area contributed by atoms with Crippen LogP contribution in [0.15, 0.2) is 12.1 Å². The number of amides is 1. The van der Waals surface area contributed by atoms with Gasteiger partial charge >= 0.3 is 6.09 Å². The summed E-state index contributed by atoms with van der Waals surface area (Å²) in [7, 11) is 1.38. The van der Waals surface area contributed by atoms with Crippen molar-refractivity contribution in [1.29, 1.82) is 0 Å². The zero-order chi connectivity index (χ0) is 16.9. The molecular weight excluding hydrogens is 288 g/mol. The maximum Gasteiger partial charge on any atom is 0.412 e. The van der Waals surface area contributed by atoms with Gasteiger partial charge in [0.1, 0.15) is 5.60 Å². The second-order valence-corrected chi connectivity index (χ2v) is 5.84. The highest BCUT2D eigenvalue weighted by atomic mass is 16.6. The van der Waals surface area contributed by atoms with Gasteiger partial charge in [0.15, 0.2) is 11.5 Å². The summed E-state index contributed by atoms with van der Waals surface area (Å²) in [5.41, 5.74) is 5.33. The highest BCUT2D eigenvalue weighted by Crippen LogP contribution is 2.37. The number of hydrogen-bond donors (Lipinski definition) is 4. The number of carbonyl (C=O) groups is 1. The van der Waals surface area contributed by atoms with Gasteiger partial charge in [-0.05, 0) is 51.4 Å². The average Bonchev–Trinajstić information content (AvgIpc) is 2.39. The maximum absolute atomic E-state index is 11.8. The molecule has 124 valence electrons. The number of aliphatic hydroxyl groups excluding tert-OH is 1. The fraction of sp³-hybridized carbons (Fsp3) is 0.533. The molecule has 1 rings (SSSR count). The number of aromatic hydroxyl groups is 1. The highest BCUT2D eigenvalue weighted by molar-refractivity contribution is 5.88. The lowest BCUT2D eigenvalue weighted by Gasteiger charge is -2.21. The summed E-state index contributed by atoms with van der Waals surface area (Å²) in [6.07, 6.45) is -1.19. The number of carbonyl (C=O) groups excluding carboxylic acids is 1. The summed E-state index contributed by atoms with van der Waals surface area (Å²) in [6, 6.07) is 2.96. The van der Waals surface area contributed by atoms with Crippen molar-refractivity contribution in [2.24, 2.45) is 5.73 Å². The van der Waals surface area contributed by atoms with Crippen LogP contribution in [0.3, 0.4) is 0 Å². The molecule has 1 aromatic rings. The molecule has 0 saturated heterocycles. The van der Waals surface area contributed by atoms with Crippen molar-refractivity contribution >= 4 is 11.8 Å². The first-order valence-corrected chi connectivity index (χ1v) is 6.97. The SMILES string of the molecule is COc1cc(C(O)CCN)cc(NC(=O)OC(C)(C)C)c1O. The lowest BCUT2D eigenvalue weighted by Crippen LogP contribution is -2.27. The number of methoxy groups -OCH3 is 1. The molecule has 0 aliphatic heterocycles. The Labute approximate surface area is 130 Å². The first-order valence-electron chi connectivity index (χ1n) is 6.97. The zero-order valence-corrected chi connectivity index (χ0v) is 13.3. The van der Waals surface area contributed by atoms with E-state index in [9.17, 15) is 15.0 Å². The molecule has 22 heavy (non-hydrogen) atoms. The minimum Gasteiger partial charge on any atom is -0.503 e. The molecule has 7 nitrogen and oxygen atoms in total. The third-order valence-electron chi connectivity index (χ3n) is 2.78. The molecule has 1 unspecified atom stereocenters. The molecule has 0 aliphatic rings. The highest BCUT2D eigenvalue weighted by Gasteiger charge is 2.20. The smallest absolute Gasteiger partial charge is 0.412 e. The Balaban J connectivity index is 3.07. The number of anilines is 1. The molecule has 1 aromatic carbocycles. The van der Waals surface area contributed by atoms with Crippen molar-refractivity contribution in [2.75, 3.05) is 19.0 Å². The lowest BCUT2D eigenvalue weighted by atomic mass is 10.0. The number of nitrogens with one attached hydrogen (secondary N) is 1. The molecule has 0 aromatic heterocycles. The van der Waals surface area contributed by atoms with Gasteiger partial charge in [-0.15, -0.1) is 0 Å². The van der Waals surface area contributed by atoms with E-state index in [2.05, 4.69) is 5.32 Å². The average molecular weight is 312 g/mol. The van der Waals surface area contributed by atoms with Crippen LogP contribution in [-0.2, 0) is 4.74 Å². The van der Waals surface area contributed by atoms with E-state index >= 15 is 0 Å². The number of aliphatic hydroxyl groups is 1. The Morgan fingerprint density at radius 3 is 2.55 bits per heavy atom. The lowest BCUT2D eigenvalue weighted by molar-refractivity contribution is 0.0635. The monoisotopic (exact) mass is 312 g/mol. The second kappa shape index (κ2) is 7.33. The number of hydrogen-bond acceptors (Lipinski definition) is 6. The zero-order valence-electron chi connectivity index (χ0n) is 13.3. The summed E-state index contributed by atoms with van der Waals surface area (Å²) in [6.45, 7) is 5.50. The van der Waals surface area contributed by atoms with Gasteiger partial charge in [0.2, 0.25) is 0 Å². The van der Waals surface area contributed by atoms with Gasteiger partial charge in [-0.3, -0.25) is 5.32 Å². The van der Waals surface area contributed by atoms with E-state index in [-0.39, 0.29) is 17.2 Å². The Kier molecular flexibility index (Phi) is 6.01. The summed E-state index contributed by atoms with van der Waals surface area (Å²) in [5, 5.41) is 22.5. The van der Waals surface area contributed by atoms with Crippen LogP contribution in [0.2, 0.25) is 0 Å². The maximum atomic E-state index is 11.8. The minimum atomic E-state index is -0.821. The van der Waals surface area contributed by atoms with Gasteiger partial charge in [0.25, 0.3) is 0 Å². The molecule has 0 radical (unpaired) electrons. The van der Waals surface area contributed by atoms with Gasteiger partial charge in [-0.1, -0.05) is 0 Å². The number of rotatable bonds is 5. The first kappa shape index (κ1) is 18.1. The van der Waals surface area contributed by atoms with Gasteiger partial charge in [-0.2, -0.15) is 0 Å². The quantitative estimate of drug-likeness (QED) is 0.619. The van der Waals surface area contributed by atoms with Crippen LogP contribution < -0.4 is 15.8 Å². The molecule has 5 N–H and O–H groups in total. The molecule has 0 saturated carbocycles. The number of ether oxygens (including phenoxy) is 2. The molecule has 0 aliphatic carbocycles. The van der Waals surface area contributed by atoms with Crippen LogP contribution in [0.25, 0.3) is 0 Å². The first-order chi connectivity index (χ1) is 10.2. The molecule has 1 atom stereocenters. The summed E-state index contributed by atoms with van der Waals surface area (Å²) in [4.78, 5) is 11.8. The summed E-state index contributed by atoms with van der Waals surface area (Å²) >= 11 is 0. The number of benzene rings is 1. The minimum absolute atomic E-state index is 0.0969. The largest absolute Gasteiger partial charge is 0.503 e. The van der Waals surface area contributed by atoms with Crippen molar-refractivity contribution in [1.82, 2.24) is 0 Å². The van der Waals surface area contributed by atoms with Crippen LogP contribution in [0.4, 0.5) is 10.5 Å². The molecule has 0 spiro atoms. The molecule has 0 bridgehead atoms. The molecule has 7 heteroatoms. The van der Waals surface area contributed by atoms with E-state index in [1.54, 1.807) is 20.8 Å². The second-order valence-electron chi connectivity index (χ2n) is 5.84. The van der Waals surface area contributed by atoms with Gasteiger partial charge in [0.05, 0.1) is 18.9 Å². The number of nitrogens with two attached hydrogens (primary N) is 1. The molecular formula is C15H24N2O5. The molecule has 0 fully saturated rings. The van der Waals surface area contributed by atoms with Crippen LogP contribution in [-0.4, -0.2) is 35.6 Å². The Morgan fingerprint density at radius 1 is 1.41 bits per heavy atom. The topological polar surface area (TPSA) is 114 Å². The number of phenols is 1. The van der Waals surface area contributed by atoms with Crippen molar-refractivity contribution in [2.45, 2.75) is 38.9 Å². The van der Waals surface area contributed by atoms with E-state index in [0.717, 1.165) is 0 Å². The van der Waals surface area contributed by atoms with Gasteiger partial charge in [0, 0.05) is 0 Å². The number of phenolic OH excluding ortho intramolecular Hbond substituents is 1. The molecule has 0 heterocycles. The molecule has 1 amide bonds. The Bertz CT molecular complexity index is 525. The third kappa shape index (κ3) is 5.09. The third-order valence-corrected chi connectivity index (χ3v) is 2.78. The normalized spacial score (nSPS) is 12.6. The standard InChI is InChI=1S/C15H24N2O5/c1-15(2,3)22-14(20)17-10-7-9(11(18)5-6-16)8-12(21-4)13(10)19/h7-8,11,18-19H,5-6,16H2,1-4H3,(H,17,20). The van der Waals surface area contributed by atoms with Gasteiger partial charge in [-0.25, -0.2) is 4.79 Å². The van der Waals surface area contributed by atoms with E-state index in [0.29, 0.717) is 18.5 Å². The Hall–Kier alpha value is -1.99. The fourth-order valence-electron chi connectivity index (χ4n) is 1.81. The summed E-state index contributed by atoms with van der Waals surface area (Å²) < 4.78 is 10.2. The van der Waals surface area contributed by atoms with Gasteiger partial charge < -0.3 is 25.4 Å². The summed E-state index contributed by atoms with van der Waals surface area (Å²) in [5.74, 6) is -0.100. The van der Waals surface area contributed by atoms with Crippen molar-refractivity contribution < 1.29 is 24.5 Å². The van der Waals surface area contributed by atoms with Crippen molar-refractivity contribution in [3.63, 3.8) is 0 Å². The van der Waals surface area contributed by atoms with Crippen LogP contribution >= 0.6 is 0 Å². The van der Waals surface area contributed by atoms with Crippen LogP contribution in [0, 0.1) is 0 Å². The van der Waals surface area contributed by atoms with E-state index < -0.39 is 17.8 Å². The Morgan fingerprint density at radius 2 is 2.05 bits per heavy atom. The van der Waals surface area contributed by atoms with Crippen molar-refractivity contribution in [3.05, 3.63) is 17.7 Å². The predicted molar refractivity (Wildman–Crippen MR) is 83.1 cm³/mol.